The van der Waals surface area contributed by atoms with Gasteiger partial charge in [-0.15, -0.1) is 12.4 Å². The molecule has 1 atom stereocenters. The van der Waals surface area contributed by atoms with E-state index in [-0.39, 0.29) is 18.3 Å². The van der Waals surface area contributed by atoms with Crippen LogP contribution in [0.1, 0.15) is 35.2 Å². The van der Waals surface area contributed by atoms with Gasteiger partial charge in [-0.05, 0) is 72.3 Å². The highest BCUT2D eigenvalue weighted by Crippen LogP contribution is 2.24. The van der Waals surface area contributed by atoms with Crippen molar-refractivity contribution in [3.05, 3.63) is 33.8 Å². The third-order valence-corrected chi connectivity index (χ3v) is 4.39. The molecule has 0 aliphatic carbocycles. The predicted octanol–water partition coefficient (Wildman–Crippen LogP) is 3.38. The van der Waals surface area contributed by atoms with Crippen LogP contribution in [0.3, 0.4) is 0 Å². The standard InChI is InChI=1S/C15H21BrN2O.ClH/c1-11-4-5-13(14(16)9-11)15(19)18-8-2-3-12(10-18)6-7-17;/h4-5,9,12H,2-3,6-8,10,17H2,1H3;1H. The number of likely N-dealkylation sites (tertiary alicyclic amines) is 1. The van der Waals surface area contributed by atoms with Crippen LogP contribution in [-0.2, 0) is 0 Å². The van der Waals surface area contributed by atoms with Crippen LogP contribution >= 0.6 is 28.3 Å². The molecule has 1 unspecified atom stereocenters. The van der Waals surface area contributed by atoms with Crippen molar-refractivity contribution in [1.29, 1.82) is 0 Å². The van der Waals surface area contributed by atoms with Gasteiger partial charge in [0.05, 0.1) is 5.56 Å². The average Bonchev–Trinajstić information content (AvgIpc) is 2.39. The van der Waals surface area contributed by atoms with Crippen molar-refractivity contribution in [3.63, 3.8) is 0 Å². The van der Waals surface area contributed by atoms with Crippen LogP contribution in [0.25, 0.3) is 0 Å². The normalized spacial score (nSPS) is 18.6. The van der Waals surface area contributed by atoms with Crippen LogP contribution in [0.5, 0.6) is 0 Å². The van der Waals surface area contributed by atoms with Crippen molar-refractivity contribution in [3.8, 4) is 0 Å². The van der Waals surface area contributed by atoms with E-state index in [4.69, 9.17) is 5.73 Å². The van der Waals surface area contributed by atoms with Crippen molar-refractivity contribution < 1.29 is 4.79 Å². The van der Waals surface area contributed by atoms with E-state index in [1.165, 1.54) is 6.42 Å². The van der Waals surface area contributed by atoms with Gasteiger partial charge in [0.2, 0.25) is 0 Å². The number of piperidine rings is 1. The van der Waals surface area contributed by atoms with Crippen LogP contribution in [0.2, 0.25) is 0 Å². The van der Waals surface area contributed by atoms with Gasteiger partial charge in [0.15, 0.2) is 0 Å². The molecule has 1 fully saturated rings. The van der Waals surface area contributed by atoms with Gasteiger partial charge in [0.1, 0.15) is 0 Å². The van der Waals surface area contributed by atoms with Gasteiger partial charge < -0.3 is 10.6 Å². The predicted molar refractivity (Wildman–Crippen MR) is 88.4 cm³/mol. The van der Waals surface area contributed by atoms with Crippen LogP contribution in [-0.4, -0.2) is 30.4 Å². The lowest BCUT2D eigenvalue weighted by Gasteiger charge is -2.33. The van der Waals surface area contributed by atoms with E-state index in [2.05, 4.69) is 15.9 Å². The quantitative estimate of drug-likeness (QED) is 0.897. The fraction of sp³-hybridized carbons (Fsp3) is 0.533. The molecule has 0 saturated carbocycles. The number of nitrogens with two attached hydrogens (primary N) is 1. The summed E-state index contributed by atoms with van der Waals surface area (Å²) in [5, 5.41) is 0. The third kappa shape index (κ3) is 4.21. The lowest BCUT2D eigenvalue weighted by Crippen LogP contribution is -2.40. The van der Waals surface area contributed by atoms with Crippen LogP contribution in [0.4, 0.5) is 0 Å². The minimum atomic E-state index is 0. The van der Waals surface area contributed by atoms with Crippen LogP contribution in [0.15, 0.2) is 22.7 Å². The first-order valence-electron chi connectivity index (χ1n) is 6.87. The Bertz CT molecular complexity index is 465. The molecule has 1 aromatic carbocycles. The van der Waals surface area contributed by atoms with E-state index in [1.807, 2.05) is 30.0 Å². The summed E-state index contributed by atoms with van der Waals surface area (Å²) < 4.78 is 0.887. The van der Waals surface area contributed by atoms with Crippen molar-refractivity contribution in [2.75, 3.05) is 19.6 Å². The maximum absolute atomic E-state index is 12.5. The van der Waals surface area contributed by atoms with E-state index < -0.39 is 0 Å². The highest BCUT2D eigenvalue weighted by atomic mass is 79.9. The summed E-state index contributed by atoms with van der Waals surface area (Å²) in [6.07, 6.45) is 3.29. The third-order valence-electron chi connectivity index (χ3n) is 3.74. The van der Waals surface area contributed by atoms with Crippen molar-refractivity contribution in [2.24, 2.45) is 11.7 Å². The number of nitrogens with zero attached hydrogens (tertiary/aromatic N) is 1. The summed E-state index contributed by atoms with van der Waals surface area (Å²) in [6.45, 7) is 4.44. The summed E-state index contributed by atoms with van der Waals surface area (Å²) in [5.74, 6) is 0.695. The van der Waals surface area contributed by atoms with Crippen molar-refractivity contribution in [1.82, 2.24) is 4.90 Å². The Morgan fingerprint density at radius 1 is 1.50 bits per heavy atom. The Morgan fingerprint density at radius 3 is 2.90 bits per heavy atom. The van der Waals surface area contributed by atoms with E-state index in [0.29, 0.717) is 12.5 Å². The average molecular weight is 362 g/mol. The Hall–Kier alpha value is -0.580. The van der Waals surface area contributed by atoms with Gasteiger partial charge in [-0.3, -0.25) is 4.79 Å². The van der Waals surface area contributed by atoms with Gasteiger partial charge >= 0.3 is 0 Å². The second-order valence-corrected chi connectivity index (χ2v) is 6.17. The SMILES string of the molecule is Cc1ccc(C(=O)N2CCCC(CCN)C2)c(Br)c1.Cl. The minimum Gasteiger partial charge on any atom is -0.338 e. The molecular weight excluding hydrogens is 340 g/mol. The zero-order valence-electron chi connectivity index (χ0n) is 11.8. The molecule has 2 N–H and O–H groups in total. The summed E-state index contributed by atoms with van der Waals surface area (Å²) in [4.78, 5) is 14.5. The van der Waals surface area contributed by atoms with Gasteiger partial charge in [-0.25, -0.2) is 0 Å². The second-order valence-electron chi connectivity index (χ2n) is 5.32. The molecule has 20 heavy (non-hydrogen) atoms. The molecular formula is C15H22BrClN2O. The summed E-state index contributed by atoms with van der Waals surface area (Å²) in [7, 11) is 0. The molecule has 112 valence electrons. The van der Waals surface area contributed by atoms with Crippen LogP contribution < -0.4 is 5.73 Å². The Labute approximate surface area is 135 Å². The zero-order chi connectivity index (χ0) is 13.8. The highest BCUT2D eigenvalue weighted by molar-refractivity contribution is 9.10. The molecule has 1 aliphatic rings. The number of aryl methyl sites for hydroxylation is 1. The molecule has 1 saturated heterocycles. The first-order valence-corrected chi connectivity index (χ1v) is 7.66. The molecule has 0 bridgehead atoms. The maximum atomic E-state index is 12.5. The molecule has 3 nitrogen and oxygen atoms in total. The highest BCUT2D eigenvalue weighted by Gasteiger charge is 2.25. The first kappa shape index (κ1) is 17.5. The number of hydrogen-bond acceptors (Lipinski definition) is 2. The Kier molecular flexibility index (Phi) is 7.00. The lowest BCUT2D eigenvalue weighted by atomic mass is 9.94. The molecule has 1 heterocycles. The largest absolute Gasteiger partial charge is 0.338 e. The number of rotatable bonds is 3. The van der Waals surface area contributed by atoms with E-state index in [1.54, 1.807) is 0 Å². The number of benzene rings is 1. The van der Waals surface area contributed by atoms with E-state index in [9.17, 15) is 4.79 Å². The summed E-state index contributed by atoms with van der Waals surface area (Å²) in [6, 6.07) is 5.89. The second kappa shape index (κ2) is 8.01. The van der Waals surface area contributed by atoms with E-state index >= 15 is 0 Å². The van der Waals surface area contributed by atoms with Gasteiger partial charge in [0, 0.05) is 17.6 Å². The lowest BCUT2D eigenvalue weighted by molar-refractivity contribution is 0.0668. The molecule has 1 aliphatic heterocycles. The summed E-state index contributed by atoms with van der Waals surface area (Å²) >= 11 is 3.49. The minimum absolute atomic E-state index is 0. The molecule has 0 spiro atoms. The maximum Gasteiger partial charge on any atom is 0.255 e. The van der Waals surface area contributed by atoms with Crippen LogP contribution in [0, 0.1) is 12.8 Å². The molecule has 5 heteroatoms. The fourth-order valence-electron chi connectivity index (χ4n) is 2.68. The molecule has 2 rings (SSSR count). The number of hydrogen-bond donors (Lipinski definition) is 1. The fourth-order valence-corrected chi connectivity index (χ4v) is 3.35. The zero-order valence-corrected chi connectivity index (χ0v) is 14.2. The monoisotopic (exact) mass is 360 g/mol. The van der Waals surface area contributed by atoms with Gasteiger partial charge in [0.25, 0.3) is 5.91 Å². The molecule has 0 aromatic heterocycles. The van der Waals surface area contributed by atoms with Crippen molar-refractivity contribution >= 4 is 34.2 Å². The number of carbonyl (C=O) groups is 1. The topological polar surface area (TPSA) is 46.3 Å². The van der Waals surface area contributed by atoms with E-state index in [0.717, 1.165) is 41.5 Å². The Balaban J connectivity index is 0.00000200. The van der Waals surface area contributed by atoms with Gasteiger partial charge in [-0.1, -0.05) is 6.07 Å². The Morgan fingerprint density at radius 2 is 2.25 bits per heavy atom. The van der Waals surface area contributed by atoms with Crippen molar-refractivity contribution in [2.45, 2.75) is 26.2 Å². The summed E-state index contributed by atoms with van der Waals surface area (Å²) in [5.41, 5.74) is 7.54. The number of amides is 1. The smallest absolute Gasteiger partial charge is 0.255 e. The first-order chi connectivity index (χ1) is 9.11. The number of carbonyl (C=O) groups excluding carboxylic acids is 1. The number of halogens is 2. The molecule has 0 radical (unpaired) electrons. The molecule has 1 aromatic rings. The van der Waals surface area contributed by atoms with Gasteiger partial charge in [-0.2, -0.15) is 0 Å². The molecule has 1 amide bonds.